The van der Waals surface area contributed by atoms with Gasteiger partial charge in [0.05, 0.1) is 10.3 Å². The van der Waals surface area contributed by atoms with E-state index in [1.807, 2.05) is 26.8 Å². The molecule has 154 valence electrons. The number of nitrogens with one attached hydrogen (secondary N) is 3. The fourth-order valence-corrected chi connectivity index (χ4v) is 3.39. The van der Waals surface area contributed by atoms with Crippen molar-refractivity contribution in [1.29, 1.82) is 0 Å². The number of hydrogen-bond acceptors (Lipinski definition) is 4. The molecule has 0 heterocycles. The molecule has 1 aromatic carbocycles. The highest BCUT2D eigenvalue weighted by Gasteiger charge is 2.27. The zero-order valence-electron chi connectivity index (χ0n) is 16.8. The van der Waals surface area contributed by atoms with Crippen LogP contribution in [-0.2, 0) is 21.2 Å². The van der Waals surface area contributed by atoms with Crippen LogP contribution in [-0.4, -0.2) is 46.7 Å². The maximum atomic E-state index is 12.0. The number of amides is 1. The number of carbonyl (C=O) groups excluding carboxylic acids is 1. The van der Waals surface area contributed by atoms with E-state index in [0.717, 1.165) is 5.56 Å². The van der Waals surface area contributed by atoms with E-state index in [9.17, 15) is 13.2 Å². The van der Waals surface area contributed by atoms with Crippen molar-refractivity contribution in [3.05, 3.63) is 29.3 Å². The minimum Gasteiger partial charge on any atom is -0.356 e. The molecule has 0 bridgehead atoms. The number of nitrogens with zero attached hydrogens (tertiary/aromatic N) is 1. The van der Waals surface area contributed by atoms with Crippen molar-refractivity contribution in [3.63, 3.8) is 0 Å². The second-order valence-corrected chi connectivity index (χ2v) is 8.88. The highest BCUT2D eigenvalue weighted by atomic mass is 127. The van der Waals surface area contributed by atoms with E-state index in [2.05, 4.69) is 20.9 Å². The SMILES string of the molecule is CCNC(=O)C(C)(C)CNC(=NC)NCc1ccc(S(C)(=O)=O)c(C)c1.I. The fraction of sp³-hybridized carbons (Fsp3) is 0.556. The molecule has 0 saturated carbocycles. The van der Waals surface area contributed by atoms with Crippen LogP contribution in [0.2, 0.25) is 0 Å². The van der Waals surface area contributed by atoms with Crippen molar-refractivity contribution in [1.82, 2.24) is 16.0 Å². The number of hydrogen-bond donors (Lipinski definition) is 3. The molecule has 0 radical (unpaired) electrons. The third-order valence-electron chi connectivity index (χ3n) is 3.97. The Morgan fingerprint density at radius 3 is 2.30 bits per heavy atom. The highest BCUT2D eigenvalue weighted by molar-refractivity contribution is 14.0. The molecular weight excluding hydrogens is 479 g/mol. The lowest BCUT2D eigenvalue weighted by atomic mass is 9.92. The van der Waals surface area contributed by atoms with Crippen molar-refractivity contribution < 1.29 is 13.2 Å². The van der Waals surface area contributed by atoms with Crippen LogP contribution < -0.4 is 16.0 Å². The Morgan fingerprint density at radius 1 is 1.19 bits per heavy atom. The lowest BCUT2D eigenvalue weighted by molar-refractivity contribution is -0.128. The number of rotatable bonds is 7. The highest BCUT2D eigenvalue weighted by Crippen LogP contribution is 2.16. The van der Waals surface area contributed by atoms with Gasteiger partial charge in [-0.3, -0.25) is 9.79 Å². The van der Waals surface area contributed by atoms with E-state index >= 15 is 0 Å². The van der Waals surface area contributed by atoms with Crippen LogP contribution in [0, 0.1) is 12.3 Å². The maximum absolute atomic E-state index is 12.0. The lowest BCUT2D eigenvalue weighted by Crippen LogP contribution is -2.47. The predicted octanol–water partition coefficient (Wildman–Crippen LogP) is 1.84. The smallest absolute Gasteiger partial charge is 0.227 e. The molecule has 9 heteroatoms. The summed E-state index contributed by atoms with van der Waals surface area (Å²) in [6.07, 6.45) is 1.20. The van der Waals surface area contributed by atoms with Crippen LogP contribution in [0.25, 0.3) is 0 Å². The molecular formula is C18H31IN4O3S. The minimum atomic E-state index is -3.22. The van der Waals surface area contributed by atoms with Crippen LogP contribution in [0.15, 0.2) is 28.1 Å². The molecule has 1 rings (SSSR count). The van der Waals surface area contributed by atoms with E-state index < -0.39 is 15.3 Å². The summed E-state index contributed by atoms with van der Waals surface area (Å²) in [5.74, 6) is 0.558. The van der Waals surface area contributed by atoms with Crippen molar-refractivity contribution in [2.75, 3.05) is 26.4 Å². The summed E-state index contributed by atoms with van der Waals surface area (Å²) in [5, 5.41) is 9.14. The average molecular weight is 510 g/mol. The average Bonchev–Trinajstić information content (AvgIpc) is 2.54. The van der Waals surface area contributed by atoms with E-state index in [1.54, 1.807) is 26.1 Å². The first-order valence-corrected chi connectivity index (χ1v) is 10.4. The zero-order chi connectivity index (χ0) is 20.0. The molecule has 0 aliphatic carbocycles. The third kappa shape index (κ3) is 8.04. The van der Waals surface area contributed by atoms with Gasteiger partial charge < -0.3 is 16.0 Å². The van der Waals surface area contributed by atoms with Crippen LogP contribution in [0.3, 0.4) is 0 Å². The number of sulfone groups is 1. The molecule has 27 heavy (non-hydrogen) atoms. The summed E-state index contributed by atoms with van der Waals surface area (Å²) in [4.78, 5) is 16.5. The number of carbonyl (C=O) groups is 1. The number of aryl methyl sites for hydroxylation is 1. The number of benzene rings is 1. The van der Waals surface area contributed by atoms with Gasteiger partial charge in [-0.05, 0) is 44.9 Å². The van der Waals surface area contributed by atoms with E-state index in [-0.39, 0.29) is 29.9 Å². The van der Waals surface area contributed by atoms with Gasteiger partial charge in [-0.15, -0.1) is 24.0 Å². The molecule has 1 amide bonds. The summed E-state index contributed by atoms with van der Waals surface area (Å²) >= 11 is 0. The molecule has 0 aliphatic heterocycles. The number of guanidine groups is 1. The van der Waals surface area contributed by atoms with Crippen molar-refractivity contribution >= 4 is 45.7 Å². The topological polar surface area (TPSA) is 99.7 Å². The monoisotopic (exact) mass is 510 g/mol. The van der Waals surface area contributed by atoms with Gasteiger partial charge in [0, 0.05) is 32.9 Å². The summed E-state index contributed by atoms with van der Waals surface area (Å²) in [6.45, 7) is 8.92. The molecule has 0 spiro atoms. The summed E-state index contributed by atoms with van der Waals surface area (Å²) in [5.41, 5.74) is 1.09. The van der Waals surface area contributed by atoms with Crippen molar-refractivity contribution in [2.45, 2.75) is 39.1 Å². The van der Waals surface area contributed by atoms with Gasteiger partial charge >= 0.3 is 0 Å². The van der Waals surface area contributed by atoms with E-state index in [0.29, 0.717) is 36.1 Å². The molecule has 7 nitrogen and oxygen atoms in total. The Kier molecular flexibility index (Phi) is 10.3. The Hall–Kier alpha value is -1.36. The molecule has 0 aliphatic rings. The van der Waals surface area contributed by atoms with Crippen LogP contribution in [0.1, 0.15) is 31.9 Å². The van der Waals surface area contributed by atoms with Gasteiger partial charge in [0.1, 0.15) is 0 Å². The number of halogens is 1. The summed E-state index contributed by atoms with van der Waals surface area (Å²) in [7, 11) is -1.56. The van der Waals surface area contributed by atoms with Gasteiger partial charge in [-0.2, -0.15) is 0 Å². The fourth-order valence-electron chi connectivity index (χ4n) is 2.43. The lowest BCUT2D eigenvalue weighted by Gasteiger charge is -2.24. The molecule has 0 saturated heterocycles. The van der Waals surface area contributed by atoms with Gasteiger partial charge in [0.25, 0.3) is 0 Å². The predicted molar refractivity (Wildman–Crippen MR) is 120 cm³/mol. The standard InChI is InChI=1S/C18H30N4O3S.HI/c1-7-20-16(23)18(3,4)12-22-17(19-5)21-11-14-8-9-15(13(2)10-14)26(6,24)25;/h8-10H,7,11-12H2,1-6H3,(H,20,23)(H2,19,21,22);1H. The molecule has 0 aromatic heterocycles. The Morgan fingerprint density at radius 2 is 1.81 bits per heavy atom. The first-order valence-electron chi connectivity index (χ1n) is 8.53. The van der Waals surface area contributed by atoms with Crippen LogP contribution in [0.4, 0.5) is 0 Å². The van der Waals surface area contributed by atoms with Crippen molar-refractivity contribution in [2.24, 2.45) is 10.4 Å². The van der Waals surface area contributed by atoms with Crippen LogP contribution >= 0.6 is 24.0 Å². The summed E-state index contributed by atoms with van der Waals surface area (Å²) in [6, 6.07) is 5.24. The second kappa shape index (κ2) is 10.8. The summed E-state index contributed by atoms with van der Waals surface area (Å²) < 4.78 is 23.4. The molecule has 1 aromatic rings. The molecule has 3 N–H and O–H groups in total. The zero-order valence-corrected chi connectivity index (χ0v) is 20.0. The molecule has 0 fully saturated rings. The van der Waals surface area contributed by atoms with Crippen molar-refractivity contribution in [3.8, 4) is 0 Å². The van der Waals surface area contributed by atoms with Gasteiger partial charge in [-0.25, -0.2) is 8.42 Å². The normalized spacial score (nSPS) is 12.1. The van der Waals surface area contributed by atoms with Gasteiger partial charge in [0.15, 0.2) is 15.8 Å². The maximum Gasteiger partial charge on any atom is 0.227 e. The minimum absolute atomic E-state index is 0. The number of aliphatic imine (C=N–C) groups is 1. The Bertz CT molecular complexity index is 777. The third-order valence-corrected chi connectivity index (χ3v) is 5.23. The molecule has 0 atom stereocenters. The quantitative estimate of drug-likeness (QED) is 0.296. The Balaban J connectivity index is 0.00000676. The second-order valence-electron chi connectivity index (χ2n) is 6.89. The largest absolute Gasteiger partial charge is 0.356 e. The first-order chi connectivity index (χ1) is 12.0. The van der Waals surface area contributed by atoms with Gasteiger partial charge in [0.2, 0.25) is 5.91 Å². The Labute approximate surface area is 179 Å². The molecule has 0 unspecified atom stereocenters. The first kappa shape index (κ1) is 25.6. The van der Waals surface area contributed by atoms with E-state index in [1.165, 1.54) is 6.26 Å². The van der Waals surface area contributed by atoms with E-state index in [4.69, 9.17) is 0 Å². The van der Waals surface area contributed by atoms with Gasteiger partial charge in [-0.1, -0.05) is 12.1 Å². The van der Waals surface area contributed by atoms with Crippen LogP contribution in [0.5, 0.6) is 0 Å².